The first-order chi connectivity index (χ1) is 8.04. The second-order valence-electron chi connectivity index (χ2n) is 3.63. The molecule has 0 unspecified atom stereocenters. The van der Waals surface area contributed by atoms with E-state index in [4.69, 9.17) is 9.84 Å². The summed E-state index contributed by atoms with van der Waals surface area (Å²) in [7, 11) is 3.00. The van der Waals surface area contributed by atoms with Crippen LogP contribution in [0.15, 0.2) is 24.3 Å². The van der Waals surface area contributed by atoms with Crippen molar-refractivity contribution in [2.24, 2.45) is 0 Å². The van der Waals surface area contributed by atoms with E-state index in [1.54, 1.807) is 12.1 Å². The number of hydrogen-bond donors (Lipinski definition) is 1. The predicted octanol–water partition coefficient (Wildman–Crippen LogP) is 0.781. The monoisotopic (exact) mass is 237 g/mol. The number of benzene rings is 1. The minimum atomic E-state index is -1.03. The molecule has 0 aliphatic carbocycles. The molecule has 0 radical (unpaired) electrons. The summed E-state index contributed by atoms with van der Waals surface area (Å²) in [6.07, 6.45) is 0.133. The molecule has 17 heavy (non-hydrogen) atoms. The van der Waals surface area contributed by atoms with E-state index in [9.17, 15) is 9.59 Å². The van der Waals surface area contributed by atoms with Crippen LogP contribution in [0.4, 0.5) is 0 Å². The van der Waals surface area contributed by atoms with Crippen molar-refractivity contribution in [3.63, 3.8) is 0 Å². The molecule has 0 atom stereocenters. The number of likely N-dealkylation sites (N-methyl/N-ethyl adjacent to an activating group) is 1. The van der Waals surface area contributed by atoms with E-state index >= 15 is 0 Å². The van der Waals surface area contributed by atoms with Gasteiger partial charge in [0.05, 0.1) is 13.5 Å². The fourth-order valence-corrected chi connectivity index (χ4v) is 1.44. The highest BCUT2D eigenvalue weighted by atomic mass is 16.5. The average molecular weight is 237 g/mol. The first-order valence-corrected chi connectivity index (χ1v) is 5.12. The highest BCUT2D eigenvalue weighted by molar-refractivity contribution is 5.83. The number of aliphatic carboxylic acids is 1. The number of rotatable bonds is 5. The molecule has 0 aliphatic rings. The Morgan fingerprint density at radius 1 is 1.35 bits per heavy atom. The van der Waals surface area contributed by atoms with Crippen molar-refractivity contribution >= 4 is 11.9 Å². The Balaban J connectivity index is 2.70. The van der Waals surface area contributed by atoms with Gasteiger partial charge in [0.15, 0.2) is 0 Å². The van der Waals surface area contributed by atoms with Crippen LogP contribution in [-0.2, 0) is 16.0 Å². The number of carbonyl (C=O) groups is 2. The molecule has 0 saturated carbocycles. The van der Waals surface area contributed by atoms with Crippen molar-refractivity contribution in [1.29, 1.82) is 0 Å². The highest BCUT2D eigenvalue weighted by Gasteiger charge is 2.14. The molecule has 1 rings (SSSR count). The lowest BCUT2D eigenvalue weighted by Gasteiger charge is -2.15. The molecule has 92 valence electrons. The van der Waals surface area contributed by atoms with Crippen molar-refractivity contribution in [3.8, 4) is 5.75 Å². The van der Waals surface area contributed by atoms with Crippen LogP contribution in [0.25, 0.3) is 0 Å². The quantitative estimate of drug-likeness (QED) is 0.821. The SMILES string of the molecule is COc1ccccc1CC(=O)N(C)CC(=O)O. The largest absolute Gasteiger partial charge is 0.496 e. The van der Waals surface area contributed by atoms with E-state index in [1.807, 2.05) is 12.1 Å². The van der Waals surface area contributed by atoms with E-state index < -0.39 is 5.97 Å². The van der Waals surface area contributed by atoms with Crippen LogP contribution in [0.1, 0.15) is 5.56 Å². The van der Waals surface area contributed by atoms with Gasteiger partial charge in [0, 0.05) is 12.6 Å². The maximum Gasteiger partial charge on any atom is 0.323 e. The van der Waals surface area contributed by atoms with E-state index in [-0.39, 0.29) is 18.9 Å². The van der Waals surface area contributed by atoms with Gasteiger partial charge in [0.25, 0.3) is 0 Å². The van der Waals surface area contributed by atoms with Gasteiger partial charge in [0.2, 0.25) is 5.91 Å². The highest BCUT2D eigenvalue weighted by Crippen LogP contribution is 2.18. The maximum absolute atomic E-state index is 11.7. The number of para-hydroxylation sites is 1. The number of nitrogens with zero attached hydrogens (tertiary/aromatic N) is 1. The standard InChI is InChI=1S/C12H15NO4/c1-13(8-12(15)16)11(14)7-9-5-3-4-6-10(9)17-2/h3-6H,7-8H2,1-2H3,(H,15,16). The maximum atomic E-state index is 11.7. The fraction of sp³-hybridized carbons (Fsp3) is 0.333. The first kappa shape index (κ1) is 13.0. The van der Waals surface area contributed by atoms with Gasteiger partial charge in [-0.05, 0) is 6.07 Å². The Kier molecular flexibility index (Phi) is 4.51. The van der Waals surface area contributed by atoms with Crippen LogP contribution in [0.2, 0.25) is 0 Å². The van der Waals surface area contributed by atoms with Crippen LogP contribution < -0.4 is 4.74 Å². The molecular formula is C12H15NO4. The summed E-state index contributed by atoms with van der Waals surface area (Å²) in [6.45, 7) is -0.298. The molecule has 5 nitrogen and oxygen atoms in total. The molecule has 5 heteroatoms. The Labute approximate surface area is 99.6 Å². The third kappa shape index (κ3) is 3.79. The minimum Gasteiger partial charge on any atom is -0.496 e. The van der Waals surface area contributed by atoms with Crippen LogP contribution in [-0.4, -0.2) is 42.6 Å². The second kappa shape index (κ2) is 5.89. The Hall–Kier alpha value is -2.04. The van der Waals surface area contributed by atoms with Crippen LogP contribution in [0.3, 0.4) is 0 Å². The number of carbonyl (C=O) groups excluding carboxylic acids is 1. The Bertz CT molecular complexity index is 417. The second-order valence-corrected chi connectivity index (χ2v) is 3.63. The molecule has 0 saturated heterocycles. The molecule has 0 aliphatic heterocycles. The number of ether oxygens (including phenoxy) is 1. The van der Waals surface area contributed by atoms with Gasteiger partial charge in [-0.2, -0.15) is 0 Å². The summed E-state index contributed by atoms with van der Waals surface area (Å²) in [6, 6.07) is 7.17. The van der Waals surface area contributed by atoms with E-state index in [2.05, 4.69) is 0 Å². The molecule has 0 bridgehead atoms. The van der Waals surface area contributed by atoms with Gasteiger partial charge < -0.3 is 14.7 Å². The van der Waals surface area contributed by atoms with Gasteiger partial charge >= 0.3 is 5.97 Å². The lowest BCUT2D eigenvalue weighted by molar-refractivity contribution is -0.143. The van der Waals surface area contributed by atoms with Crippen molar-refractivity contribution in [2.75, 3.05) is 20.7 Å². The lowest BCUT2D eigenvalue weighted by Crippen LogP contribution is -2.33. The van der Waals surface area contributed by atoms with Crippen LogP contribution in [0.5, 0.6) is 5.75 Å². The summed E-state index contributed by atoms with van der Waals surface area (Å²) >= 11 is 0. The summed E-state index contributed by atoms with van der Waals surface area (Å²) in [5, 5.41) is 8.58. The van der Waals surface area contributed by atoms with Crippen molar-refractivity contribution in [2.45, 2.75) is 6.42 Å². The van der Waals surface area contributed by atoms with Gasteiger partial charge in [-0.15, -0.1) is 0 Å². The molecular weight excluding hydrogens is 222 g/mol. The molecule has 0 fully saturated rings. The van der Waals surface area contributed by atoms with Crippen LogP contribution in [0, 0.1) is 0 Å². The minimum absolute atomic E-state index is 0.133. The normalized spacial score (nSPS) is 9.76. The summed E-state index contributed by atoms with van der Waals surface area (Å²) in [5.74, 6) is -0.651. The van der Waals surface area contributed by atoms with Gasteiger partial charge in [-0.25, -0.2) is 0 Å². The molecule has 1 N–H and O–H groups in total. The number of amides is 1. The van der Waals surface area contributed by atoms with Gasteiger partial charge in [0.1, 0.15) is 12.3 Å². The average Bonchev–Trinajstić information content (AvgIpc) is 2.28. The number of carboxylic acids is 1. The van der Waals surface area contributed by atoms with Crippen molar-refractivity contribution in [3.05, 3.63) is 29.8 Å². The van der Waals surface area contributed by atoms with Crippen molar-refractivity contribution < 1.29 is 19.4 Å². The smallest absolute Gasteiger partial charge is 0.323 e. The molecule has 1 amide bonds. The predicted molar refractivity (Wildman–Crippen MR) is 62.0 cm³/mol. The zero-order chi connectivity index (χ0) is 12.8. The third-order valence-electron chi connectivity index (χ3n) is 2.33. The molecule has 0 heterocycles. The first-order valence-electron chi connectivity index (χ1n) is 5.12. The van der Waals surface area contributed by atoms with E-state index in [0.29, 0.717) is 5.75 Å². The summed E-state index contributed by atoms with van der Waals surface area (Å²) in [4.78, 5) is 23.4. The van der Waals surface area contributed by atoms with Gasteiger partial charge in [-0.3, -0.25) is 9.59 Å². The zero-order valence-electron chi connectivity index (χ0n) is 9.84. The zero-order valence-corrected chi connectivity index (χ0v) is 9.84. The topological polar surface area (TPSA) is 66.8 Å². The molecule has 1 aromatic rings. The van der Waals surface area contributed by atoms with Gasteiger partial charge in [-0.1, -0.05) is 18.2 Å². The fourth-order valence-electron chi connectivity index (χ4n) is 1.44. The summed E-state index contributed by atoms with van der Waals surface area (Å²) in [5.41, 5.74) is 0.747. The van der Waals surface area contributed by atoms with E-state index in [0.717, 1.165) is 5.56 Å². The third-order valence-corrected chi connectivity index (χ3v) is 2.33. The molecule has 0 aromatic heterocycles. The molecule has 0 spiro atoms. The summed E-state index contributed by atoms with van der Waals surface area (Å²) < 4.78 is 5.12. The number of hydrogen-bond acceptors (Lipinski definition) is 3. The number of methoxy groups -OCH3 is 1. The lowest BCUT2D eigenvalue weighted by atomic mass is 10.1. The Morgan fingerprint density at radius 2 is 2.00 bits per heavy atom. The van der Waals surface area contributed by atoms with E-state index in [1.165, 1.54) is 19.1 Å². The van der Waals surface area contributed by atoms with Crippen molar-refractivity contribution in [1.82, 2.24) is 4.90 Å². The molecule has 1 aromatic carbocycles. The Morgan fingerprint density at radius 3 is 2.59 bits per heavy atom. The number of carboxylic acid groups (broad SMARTS) is 1. The van der Waals surface area contributed by atoms with Crippen LogP contribution >= 0.6 is 0 Å².